The summed E-state index contributed by atoms with van der Waals surface area (Å²) in [5.41, 5.74) is 2.76. The molecule has 1 aromatic carbocycles. The quantitative estimate of drug-likeness (QED) is 0.868. The Kier molecular flexibility index (Phi) is 4.46. The minimum Gasteiger partial charge on any atom is -0.347 e. The molecule has 0 unspecified atom stereocenters. The topological polar surface area (TPSA) is 63.1 Å². The predicted molar refractivity (Wildman–Crippen MR) is 107 cm³/mol. The number of fused-ring (bicyclic) bond motifs is 3. The zero-order valence-electron chi connectivity index (χ0n) is 16.8. The second kappa shape index (κ2) is 6.99. The van der Waals surface area contributed by atoms with E-state index in [1.807, 2.05) is 0 Å². The normalized spacial score (nSPS) is 24.2. The van der Waals surface area contributed by atoms with Gasteiger partial charge in [-0.1, -0.05) is 38.1 Å². The molecule has 1 saturated carbocycles. The largest absolute Gasteiger partial charge is 0.347 e. The first-order valence-electron chi connectivity index (χ1n) is 10.6. The van der Waals surface area contributed by atoms with Crippen molar-refractivity contribution in [2.75, 3.05) is 13.1 Å². The van der Waals surface area contributed by atoms with E-state index in [0.717, 1.165) is 51.3 Å². The van der Waals surface area contributed by atoms with E-state index in [-0.39, 0.29) is 5.91 Å². The first-order chi connectivity index (χ1) is 13.6. The Balaban J connectivity index is 1.28. The van der Waals surface area contributed by atoms with Crippen molar-refractivity contribution in [2.24, 2.45) is 5.92 Å². The summed E-state index contributed by atoms with van der Waals surface area (Å²) in [7, 11) is 0. The van der Waals surface area contributed by atoms with E-state index in [0.29, 0.717) is 29.6 Å². The molecule has 1 aliphatic carbocycles. The van der Waals surface area contributed by atoms with Crippen molar-refractivity contribution in [1.82, 2.24) is 25.0 Å². The van der Waals surface area contributed by atoms with E-state index < -0.39 is 0 Å². The smallest absolute Gasteiger partial charge is 0.289 e. The Hall–Kier alpha value is -2.21. The highest BCUT2D eigenvalue weighted by Gasteiger charge is 2.41. The van der Waals surface area contributed by atoms with Gasteiger partial charge in [0.15, 0.2) is 0 Å². The lowest BCUT2D eigenvalue weighted by molar-refractivity contribution is 0.0934. The minimum atomic E-state index is -0.0557. The van der Waals surface area contributed by atoms with Gasteiger partial charge in [0.25, 0.3) is 5.91 Å². The van der Waals surface area contributed by atoms with Crippen LogP contribution in [0.25, 0.3) is 0 Å². The van der Waals surface area contributed by atoms with Crippen molar-refractivity contribution in [2.45, 2.75) is 64.1 Å². The summed E-state index contributed by atoms with van der Waals surface area (Å²) in [6.45, 7) is 8.40. The molecule has 2 aromatic rings. The van der Waals surface area contributed by atoms with Crippen molar-refractivity contribution >= 4 is 5.91 Å². The van der Waals surface area contributed by atoms with E-state index in [1.165, 1.54) is 11.1 Å². The summed E-state index contributed by atoms with van der Waals surface area (Å²) in [6, 6.07) is 9.38. The number of likely N-dealkylation sites (tertiary alicyclic amines) is 1. The molecule has 28 heavy (non-hydrogen) atoms. The Morgan fingerprint density at radius 1 is 1.14 bits per heavy atom. The fraction of sp³-hybridized carbons (Fsp3) is 0.591. The van der Waals surface area contributed by atoms with Crippen molar-refractivity contribution in [1.29, 1.82) is 0 Å². The summed E-state index contributed by atoms with van der Waals surface area (Å²) in [4.78, 5) is 15.0. The first kappa shape index (κ1) is 17.9. The van der Waals surface area contributed by atoms with Crippen LogP contribution in [0.3, 0.4) is 0 Å². The monoisotopic (exact) mass is 379 g/mol. The zero-order chi connectivity index (χ0) is 19.3. The van der Waals surface area contributed by atoms with Crippen LogP contribution in [0, 0.1) is 5.92 Å². The van der Waals surface area contributed by atoms with Crippen molar-refractivity contribution < 1.29 is 4.79 Å². The van der Waals surface area contributed by atoms with E-state index in [2.05, 4.69) is 63.1 Å². The number of carbonyl (C=O) groups is 1. The molecule has 1 N–H and O–H groups in total. The number of nitrogens with one attached hydrogen (secondary N) is 1. The van der Waals surface area contributed by atoms with Gasteiger partial charge in [0.05, 0.1) is 0 Å². The number of aromatic nitrogens is 3. The maximum atomic E-state index is 12.5. The van der Waals surface area contributed by atoms with Crippen molar-refractivity contribution in [3.8, 4) is 0 Å². The highest BCUT2D eigenvalue weighted by atomic mass is 16.2. The third kappa shape index (κ3) is 3.34. The third-order valence-corrected chi connectivity index (χ3v) is 6.52. The summed E-state index contributed by atoms with van der Waals surface area (Å²) in [5.74, 6) is 3.03. The molecular formula is C22H29N5O. The van der Waals surface area contributed by atoms with E-state index in [4.69, 9.17) is 0 Å². The lowest BCUT2D eigenvalue weighted by Crippen LogP contribution is -2.31. The van der Waals surface area contributed by atoms with Gasteiger partial charge >= 0.3 is 0 Å². The molecule has 6 nitrogen and oxygen atoms in total. The van der Waals surface area contributed by atoms with Gasteiger partial charge in [0.1, 0.15) is 5.82 Å². The van der Waals surface area contributed by atoms with Gasteiger partial charge in [-0.15, -0.1) is 10.2 Å². The molecule has 1 aromatic heterocycles. The minimum absolute atomic E-state index is 0.0557. The Morgan fingerprint density at radius 2 is 1.93 bits per heavy atom. The number of benzene rings is 1. The zero-order valence-corrected chi connectivity index (χ0v) is 16.8. The van der Waals surface area contributed by atoms with Crippen LogP contribution >= 0.6 is 0 Å². The van der Waals surface area contributed by atoms with E-state index >= 15 is 0 Å². The Bertz CT molecular complexity index is 868. The highest BCUT2D eigenvalue weighted by Crippen LogP contribution is 2.38. The number of hydrogen-bond donors (Lipinski definition) is 1. The number of amides is 1. The molecule has 2 atom stereocenters. The van der Waals surface area contributed by atoms with Gasteiger partial charge in [0, 0.05) is 38.1 Å². The molecule has 3 heterocycles. The first-order valence-corrected chi connectivity index (χ1v) is 10.6. The second-order valence-electron chi connectivity index (χ2n) is 9.03. The van der Waals surface area contributed by atoms with Crippen LogP contribution < -0.4 is 5.32 Å². The molecule has 148 valence electrons. The van der Waals surface area contributed by atoms with Gasteiger partial charge in [-0.05, 0) is 42.2 Å². The number of rotatable bonds is 5. The van der Waals surface area contributed by atoms with Crippen LogP contribution in [-0.4, -0.2) is 44.7 Å². The van der Waals surface area contributed by atoms with E-state index in [9.17, 15) is 4.79 Å². The Morgan fingerprint density at radius 3 is 2.64 bits per heavy atom. The molecule has 0 radical (unpaired) electrons. The summed E-state index contributed by atoms with van der Waals surface area (Å²) < 4.78 is 2.07. The van der Waals surface area contributed by atoms with Crippen LogP contribution in [0.5, 0.6) is 0 Å². The van der Waals surface area contributed by atoms with Gasteiger partial charge in [-0.25, -0.2) is 0 Å². The van der Waals surface area contributed by atoms with Gasteiger partial charge in [-0.3, -0.25) is 9.69 Å². The summed E-state index contributed by atoms with van der Waals surface area (Å²) in [6.07, 6.45) is 3.28. The fourth-order valence-corrected chi connectivity index (χ4v) is 4.69. The van der Waals surface area contributed by atoms with Crippen LogP contribution in [0.4, 0.5) is 0 Å². The third-order valence-electron chi connectivity index (χ3n) is 6.52. The Labute approximate surface area is 166 Å². The lowest BCUT2D eigenvalue weighted by atomic mass is 9.89. The molecular weight excluding hydrogens is 350 g/mol. The molecule has 1 saturated heterocycles. The van der Waals surface area contributed by atoms with Crippen LogP contribution in [0.2, 0.25) is 0 Å². The molecule has 1 amide bonds. The second-order valence-corrected chi connectivity index (χ2v) is 9.03. The number of carbonyl (C=O) groups excluding carboxylic acids is 1. The fourth-order valence-electron chi connectivity index (χ4n) is 4.69. The van der Waals surface area contributed by atoms with Crippen LogP contribution in [-0.2, 0) is 13.1 Å². The van der Waals surface area contributed by atoms with Crippen molar-refractivity contribution in [3.05, 3.63) is 47.0 Å². The molecule has 3 aliphatic rings. The molecule has 6 heteroatoms. The highest BCUT2D eigenvalue weighted by molar-refractivity contribution is 5.91. The molecule has 0 spiro atoms. The SMILES string of the molecule is CC(C)c1ccc(CN2C[C@@H]3CCn4c(C(=O)NC5CC5)nnc4[C@H]3C2)cc1. The summed E-state index contributed by atoms with van der Waals surface area (Å²) >= 11 is 0. The van der Waals surface area contributed by atoms with Crippen LogP contribution in [0.15, 0.2) is 24.3 Å². The predicted octanol–water partition coefficient (Wildman–Crippen LogP) is 2.91. The summed E-state index contributed by atoms with van der Waals surface area (Å²) in [5, 5.41) is 11.7. The number of hydrogen-bond acceptors (Lipinski definition) is 4. The molecule has 2 aliphatic heterocycles. The van der Waals surface area contributed by atoms with Gasteiger partial charge in [-0.2, -0.15) is 0 Å². The molecule has 2 fully saturated rings. The van der Waals surface area contributed by atoms with E-state index in [1.54, 1.807) is 0 Å². The maximum Gasteiger partial charge on any atom is 0.289 e. The van der Waals surface area contributed by atoms with Gasteiger partial charge in [0.2, 0.25) is 5.82 Å². The number of nitrogens with zero attached hydrogens (tertiary/aromatic N) is 4. The molecule has 5 rings (SSSR count). The lowest BCUT2D eigenvalue weighted by Gasteiger charge is -2.25. The average Bonchev–Trinajstić information content (AvgIpc) is 3.23. The molecule has 0 bridgehead atoms. The van der Waals surface area contributed by atoms with Crippen LogP contribution in [0.1, 0.15) is 72.5 Å². The van der Waals surface area contributed by atoms with Gasteiger partial charge < -0.3 is 9.88 Å². The maximum absolute atomic E-state index is 12.5. The standard InChI is InChI=1S/C22H29N5O/c1-14(2)16-5-3-15(4-6-16)11-26-12-17-9-10-27-20(19(17)13-26)24-25-21(27)22(28)23-18-7-8-18/h3-6,14,17-19H,7-13H2,1-2H3,(H,23,28)/t17-,19-/m0/s1. The average molecular weight is 380 g/mol. The van der Waals surface area contributed by atoms with Crippen molar-refractivity contribution in [3.63, 3.8) is 0 Å².